The zero-order valence-corrected chi connectivity index (χ0v) is 22.0. The van der Waals surface area contributed by atoms with E-state index in [1.54, 1.807) is 6.92 Å². The number of rotatable bonds is 6. The number of nitrogens with two attached hydrogens (primary N) is 1. The molecule has 14 heteroatoms. The maximum Gasteiger partial charge on any atom is 0.417 e. The molecule has 4 aromatic rings. The van der Waals surface area contributed by atoms with Crippen molar-refractivity contribution in [1.29, 1.82) is 0 Å². The number of carbonyl (C=O) groups is 2. The van der Waals surface area contributed by atoms with Gasteiger partial charge in [-0.1, -0.05) is 13.0 Å². The van der Waals surface area contributed by atoms with Crippen LogP contribution < -0.4 is 11.1 Å². The molecule has 0 aliphatic carbocycles. The van der Waals surface area contributed by atoms with Gasteiger partial charge in [0.05, 0.1) is 22.3 Å². The fourth-order valence-corrected chi connectivity index (χ4v) is 5.54. The van der Waals surface area contributed by atoms with Gasteiger partial charge in [-0.3, -0.25) is 9.36 Å². The van der Waals surface area contributed by atoms with Crippen LogP contribution in [0.1, 0.15) is 39.2 Å². The average molecular weight is 587 g/mol. The minimum atomic E-state index is -4.82. The van der Waals surface area contributed by atoms with Gasteiger partial charge in [0, 0.05) is 32.6 Å². The first kappa shape index (κ1) is 28.5. The van der Waals surface area contributed by atoms with E-state index < -0.39 is 35.4 Å². The molecule has 0 atom stereocenters. The van der Waals surface area contributed by atoms with Crippen LogP contribution in [-0.2, 0) is 12.4 Å². The minimum absolute atomic E-state index is 0.0314. The van der Waals surface area contributed by atoms with Crippen LogP contribution in [0.2, 0.25) is 0 Å². The molecule has 0 aliphatic heterocycles. The number of amides is 2. The zero-order valence-electron chi connectivity index (χ0n) is 20.3. The summed E-state index contributed by atoms with van der Waals surface area (Å²) in [5.41, 5.74) is 2.91. The molecule has 206 valence electrons. The minimum Gasteiger partial charge on any atom is -0.364 e. The first-order chi connectivity index (χ1) is 18.2. The summed E-state index contributed by atoms with van der Waals surface area (Å²) in [6.45, 7) is 3.41. The highest BCUT2D eigenvalue weighted by Gasteiger charge is 2.36. The quantitative estimate of drug-likeness (QED) is 0.178. The predicted molar refractivity (Wildman–Crippen MR) is 138 cm³/mol. The van der Waals surface area contributed by atoms with E-state index in [0.29, 0.717) is 17.1 Å². The number of aromatic nitrogens is 2. The van der Waals surface area contributed by atoms with Crippen LogP contribution in [-0.4, -0.2) is 27.2 Å². The molecule has 0 saturated heterocycles. The van der Waals surface area contributed by atoms with Gasteiger partial charge in [-0.25, -0.2) is 9.78 Å². The summed E-state index contributed by atoms with van der Waals surface area (Å²) in [7, 11) is 0. The number of thiazole rings is 1. The van der Waals surface area contributed by atoms with Crippen molar-refractivity contribution in [2.45, 2.75) is 37.5 Å². The van der Waals surface area contributed by atoms with E-state index in [0.717, 1.165) is 46.4 Å². The lowest BCUT2D eigenvalue weighted by atomic mass is 10.0. The Morgan fingerprint density at radius 3 is 2.41 bits per heavy atom. The number of primary amides is 1. The molecule has 0 bridgehead atoms. The number of fused-ring (bicyclic) bond motifs is 1. The molecule has 0 fully saturated rings. The van der Waals surface area contributed by atoms with Crippen molar-refractivity contribution in [2.24, 2.45) is 5.73 Å². The van der Waals surface area contributed by atoms with Crippen LogP contribution in [0.3, 0.4) is 0 Å². The van der Waals surface area contributed by atoms with E-state index in [2.05, 4.69) is 10.3 Å². The molecule has 0 aliphatic rings. The number of hydrogen-bond donors (Lipinski definition) is 2. The third-order valence-corrected chi connectivity index (χ3v) is 7.75. The maximum atomic E-state index is 14.3. The second-order valence-electron chi connectivity index (χ2n) is 8.42. The van der Waals surface area contributed by atoms with E-state index in [1.165, 1.54) is 23.9 Å². The molecule has 0 unspecified atom stereocenters. The SMILES string of the molecule is CCCSc1cc(C(F)(F)F)c2c(-c3nc(C(N)=O)sc3C)cn(C(=O)Nc3cccc(C(F)(F)F)c3)c2c1. The molecule has 0 spiro atoms. The number of hydrogen-bond acceptors (Lipinski definition) is 5. The Kier molecular flexibility index (Phi) is 7.72. The Morgan fingerprint density at radius 2 is 1.82 bits per heavy atom. The van der Waals surface area contributed by atoms with Gasteiger partial charge in [0.2, 0.25) is 0 Å². The summed E-state index contributed by atoms with van der Waals surface area (Å²) >= 11 is 2.06. The second-order valence-corrected chi connectivity index (χ2v) is 10.8. The van der Waals surface area contributed by atoms with Gasteiger partial charge in [-0.15, -0.1) is 23.1 Å². The number of halogens is 6. The molecule has 39 heavy (non-hydrogen) atoms. The van der Waals surface area contributed by atoms with Gasteiger partial charge < -0.3 is 11.1 Å². The highest BCUT2D eigenvalue weighted by Crippen LogP contribution is 2.44. The van der Waals surface area contributed by atoms with Crippen LogP contribution in [0.4, 0.5) is 36.8 Å². The number of nitrogens with zero attached hydrogens (tertiary/aromatic N) is 2. The monoisotopic (exact) mass is 586 g/mol. The molecule has 2 heterocycles. The van der Waals surface area contributed by atoms with Crippen molar-refractivity contribution in [1.82, 2.24) is 9.55 Å². The molecule has 2 aromatic heterocycles. The number of nitrogens with one attached hydrogen (secondary N) is 1. The second kappa shape index (κ2) is 10.6. The molecular formula is C25H20F6N4O2S2. The smallest absolute Gasteiger partial charge is 0.364 e. The first-order valence-electron chi connectivity index (χ1n) is 11.4. The number of anilines is 1. The van der Waals surface area contributed by atoms with Crippen LogP contribution in [0.25, 0.3) is 22.2 Å². The summed E-state index contributed by atoms with van der Waals surface area (Å²) < 4.78 is 83.4. The average Bonchev–Trinajstić information content (AvgIpc) is 3.42. The Hall–Kier alpha value is -3.52. The predicted octanol–water partition coefficient (Wildman–Crippen LogP) is 7.79. The largest absolute Gasteiger partial charge is 0.417 e. The van der Waals surface area contributed by atoms with Crippen molar-refractivity contribution in [3.8, 4) is 11.3 Å². The Morgan fingerprint density at radius 1 is 1.10 bits per heavy atom. The lowest BCUT2D eigenvalue weighted by molar-refractivity contribution is -0.138. The summed E-state index contributed by atoms with van der Waals surface area (Å²) in [5, 5.41) is 1.87. The number of benzene rings is 2. The summed E-state index contributed by atoms with van der Waals surface area (Å²) in [4.78, 5) is 29.8. The highest BCUT2D eigenvalue weighted by molar-refractivity contribution is 7.99. The molecule has 4 rings (SSSR count). The maximum absolute atomic E-state index is 14.3. The summed E-state index contributed by atoms with van der Waals surface area (Å²) in [5.74, 6) is -0.352. The Labute approximate surface area is 226 Å². The third kappa shape index (κ3) is 5.91. The topological polar surface area (TPSA) is 90.0 Å². The van der Waals surface area contributed by atoms with Crippen molar-refractivity contribution in [3.05, 3.63) is 63.6 Å². The van der Waals surface area contributed by atoms with Crippen LogP contribution in [0, 0.1) is 6.92 Å². The third-order valence-electron chi connectivity index (χ3n) is 5.58. The molecule has 3 N–H and O–H groups in total. The van der Waals surface area contributed by atoms with Gasteiger partial charge in [0.1, 0.15) is 0 Å². The van der Waals surface area contributed by atoms with Crippen molar-refractivity contribution in [2.75, 3.05) is 11.1 Å². The summed E-state index contributed by atoms with van der Waals surface area (Å²) in [6, 6.07) is 5.29. The zero-order chi connectivity index (χ0) is 28.7. The number of aryl methyl sites for hydroxylation is 1. The number of carbonyl (C=O) groups excluding carboxylic acids is 2. The Bertz CT molecular complexity index is 1570. The van der Waals surface area contributed by atoms with Crippen LogP contribution >= 0.6 is 23.1 Å². The van der Waals surface area contributed by atoms with E-state index in [4.69, 9.17) is 5.73 Å². The van der Waals surface area contributed by atoms with Gasteiger partial charge in [0.25, 0.3) is 5.91 Å². The van der Waals surface area contributed by atoms with Gasteiger partial charge in [0.15, 0.2) is 5.01 Å². The van der Waals surface area contributed by atoms with Crippen LogP contribution in [0.5, 0.6) is 0 Å². The molecule has 6 nitrogen and oxygen atoms in total. The van der Waals surface area contributed by atoms with E-state index >= 15 is 0 Å². The van der Waals surface area contributed by atoms with Crippen molar-refractivity contribution in [3.63, 3.8) is 0 Å². The number of alkyl halides is 6. The number of thioether (sulfide) groups is 1. The van der Waals surface area contributed by atoms with Crippen molar-refractivity contribution < 1.29 is 35.9 Å². The van der Waals surface area contributed by atoms with Crippen molar-refractivity contribution >= 4 is 51.6 Å². The highest BCUT2D eigenvalue weighted by atomic mass is 32.2. The molecule has 0 radical (unpaired) electrons. The Balaban J connectivity index is 1.95. The fourth-order valence-electron chi connectivity index (χ4n) is 3.92. The summed E-state index contributed by atoms with van der Waals surface area (Å²) in [6.07, 6.45) is -7.68. The standard InChI is InChI=1S/C25H20F6N4O2S2/c1-3-7-38-15-9-17(25(29,30)31)19-16(20-12(2)39-22(34-20)21(32)36)11-35(18(19)10-15)23(37)33-14-6-4-5-13(8-14)24(26,27)28/h4-6,8-11H,3,7H2,1-2H3,(H2,32,36)(H,33,37). The lowest BCUT2D eigenvalue weighted by Gasteiger charge is -2.14. The van der Waals surface area contributed by atoms with Gasteiger partial charge in [-0.05, 0) is 49.4 Å². The van der Waals surface area contributed by atoms with E-state index in [1.807, 2.05) is 6.92 Å². The molecule has 2 amide bonds. The van der Waals surface area contributed by atoms with Crippen LogP contribution in [0.15, 0.2) is 47.5 Å². The lowest BCUT2D eigenvalue weighted by Crippen LogP contribution is -2.19. The van der Waals surface area contributed by atoms with E-state index in [-0.39, 0.29) is 37.8 Å². The molecule has 2 aromatic carbocycles. The van der Waals surface area contributed by atoms with Gasteiger partial charge in [-0.2, -0.15) is 26.3 Å². The molecular weight excluding hydrogens is 566 g/mol. The first-order valence-corrected chi connectivity index (χ1v) is 13.2. The van der Waals surface area contributed by atoms with Gasteiger partial charge >= 0.3 is 18.4 Å². The normalized spacial score (nSPS) is 12.2. The molecule has 0 saturated carbocycles. The van der Waals surface area contributed by atoms with E-state index in [9.17, 15) is 35.9 Å². The fraction of sp³-hybridized carbons (Fsp3) is 0.240.